The van der Waals surface area contributed by atoms with Crippen LogP contribution in [0.4, 0.5) is 0 Å². The second-order valence-corrected chi connectivity index (χ2v) is 5.77. The maximum Gasteiger partial charge on any atom is 0.323 e. The maximum atomic E-state index is 11.7. The van der Waals surface area contributed by atoms with Crippen molar-refractivity contribution >= 4 is 5.97 Å². The van der Waals surface area contributed by atoms with Crippen LogP contribution in [0.3, 0.4) is 0 Å². The predicted octanol–water partition coefficient (Wildman–Crippen LogP) is 1.22. The number of esters is 1. The van der Waals surface area contributed by atoms with E-state index < -0.39 is 0 Å². The summed E-state index contributed by atoms with van der Waals surface area (Å²) in [6.07, 6.45) is 1.79. The second kappa shape index (κ2) is 4.63. The van der Waals surface area contributed by atoms with Crippen LogP contribution in [-0.4, -0.2) is 39.6 Å². The van der Waals surface area contributed by atoms with Gasteiger partial charge in [0.2, 0.25) is 0 Å². The SMILES string of the molecule is CC(C)c1nc2c(n1C)CCN([C@@H]1CCOC1=O)C2. The zero-order valence-corrected chi connectivity index (χ0v) is 11.8. The third-order valence-corrected chi connectivity index (χ3v) is 4.18. The number of hydrogen-bond donors (Lipinski definition) is 0. The van der Waals surface area contributed by atoms with Gasteiger partial charge in [-0.2, -0.15) is 0 Å². The third-order valence-electron chi connectivity index (χ3n) is 4.18. The summed E-state index contributed by atoms with van der Waals surface area (Å²) in [6.45, 7) is 6.59. The summed E-state index contributed by atoms with van der Waals surface area (Å²) in [6, 6.07) is -0.0577. The molecule has 104 valence electrons. The van der Waals surface area contributed by atoms with Gasteiger partial charge in [-0.3, -0.25) is 9.69 Å². The van der Waals surface area contributed by atoms with E-state index in [2.05, 4.69) is 30.4 Å². The molecule has 1 aromatic heterocycles. The van der Waals surface area contributed by atoms with Crippen molar-refractivity contribution in [2.24, 2.45) is 7.05 Å². The molecule has 0 radical (unpaired) electrons. The molecule has 0 bridgehead atoms. The molecule has 5 heteroatoms. The molecule has 1 saturated heterocycles. The van der Waals surface area contributed by atoms with Gasteiger partial charge in [-0.1, -0.05) is 13.8 Å². The molecule has 0 amide bonds. The number of cyclic esters (lactones) is 1. The minimum atomic E-state index is -0.0662. The van der Waals surface area contributed by atoms with Crippen LogP contribution in [0.15, 0.2) is 0 Å². The largest absolute Gasteiger partial charge is 0.464 e. The summed E-state index contributed by atoms with van der Waals surface area (Å²) in [7, 11) is 2.10. The molecule has 1 aromatic rings. The van der Waals surface area contributed by atoms with Crippen molar-refractivity contribution in [2.45, 2.75) is 45.2 Å². The van der Waals surface area contributed by atoms with Gasteiger partial charge in [0.15, 0.2) is 0 Å². The molecule has 0 N–H and O–H groups in total. The Morgan fingerprint density at radius 1 is 1.42 bits per heavy atom. The Balaban J connectivity index is 1.84. The molecule has 0 aromatic carbocycles. The number of carbonyl (C=O) groups excluding carboxylic acids is 1. The zero-order chi connectivity index (χ0) is 13.6. The molecular formula is C14H21N3O2. The quantitative estimate of drug-likeness (QED) is 0.753. The standard InChI is InChI=1S/C14H21N3O2/c1-9(2)13-15-10-8-17(6-4-11(10)16(13)3)12-5-7-19-14(12)18/h9,12H,4-8H2,1-3H3/t12-/m1/s1. The highest BCUT2D eigenvalue weighted by Crippen LogP contribution is 2.26. The summed E-state index contributed by atoms with van der Waals surface area (Å²) in [5.74, 6) is 1.50. The second-order valence-electron chi connectivity index (χ2n) is 5.77. The van der Waals surface area contributed by atoms with E-state index in [1.165, 1.54) is 5.69 Å². The lowest BCUT2D eigenvalue weighted by Crippen LogP contribution is -2.42. The molecule has 19 heavy (non-hydrogen) atoms. The molecular weight excluding hydrogens is 242 g/mol. The molecule has 2 aliphatic rings. The molecule has 2 aliphatic heterocycles. The first kappa shape index (κ1) is 12.7. The topological polar surface area (TPSA) is 47.4 Å². The first-order valence-electron chi connectivity index (χ1n) is 7.03. The zero-order valence-electron chi connectivity index (χ0n) is 11.8. The van der Waals surface area contributed by atoms with Gasteiger partial charge in [0.05, 0.1) is 12.3 Å². The fourth-order valence-corrected chi connectivity index (χ4v) is 3.17. The van der Waals surface area contributed by atoms with Crippen molar-refractivity contribution < 1.29 is 9.53 Å². The molecule has 0 spiro atoms. The Labute approximate surface area is 113 Å². The van der Waals surface area contributed by atoms with Gasteiger partial charge < -0.3 is 9.30 Å². The van der Waals surface area contributed by atoms with Crippen LogP contribution in [0.5, 0.6) is 0 Å². The molecule has 0 unspecified atom stereocenters. The maximum absolute atomic E-state index is 11.7. The van der Waals surface area contributed by atoms with Crippen molar-refractivity contribution in [3.63, 3.8) is 0 Å². The number of ether oxygens (including phenoxy) is 1. The summed E-state index contributed by atoms with van der Waals surface area (Å²) in [5.41, 5.74) is 2.46. The van der Waals surface area contributed by atoms with Crippen molar-refractivity contribution in [1.29, 1.82) is 0 Å². The molecule has 1 fully saturated rings. The van der Waals surface area contributed by atoms with E-state index in [1.807, 2.05) is 0 Å². The van der Waals surface area contributed by atoms with Gasteiger partial charge in [-0.25, -0.2) is 4.98 Å². The van der Waals surface area contributed by atoms with Crippen LogP contribution in [0.2, 0.25) is 0 Å². The first-order valence-corrected chi connectivity index (χ1v) is 7.03. The fourth-order valence-electron chi connectivity index (χ4n) is 3.17. The van der Waals surface area contributed by atoms with Crippen LogP contribution in [0.1, 0.15) is 43.4 Å². The molecule has 1 atom stereocenters. The Morgan fingerprint density at radius 3 is 2.84 bits per heavy atom. The highest BCUT2D eigenvalue weighted by Gasteiger charge is 2.35. The summed E-state index contributed by atoms with van der Waals surface area (Å²) in [5, 5.41) is 0. The lowest BCUT2D eigenvalue weighted by molar-refractivity contribution is -0.142. The molecule has 3 heterocycles. The molecule has 0 saturated carbocycles. The Hall–Kier alpha value is -1.36. The summed E-state index contributed by atoms with van der Waals surface area (Å²) < 4.78 is 7.29. The highest BCUT2D eigenvalue weighted by atomic mass is 16.5. The minimum Gasteiger partial charge on any atom is -0.464 e. The van der Waals surface area contributed by atoms with Crippen molar-refractivity contribution in [1.82, 2.24) is 14.5 Å². The van der Waals surface area contributed by atoms with Crippen LogP contribution < -0.4 is 0 Å². The van der Waals surface area contributed by atoms with Gasteiger partial charge in [0.1, 0.15) is 11.9 Å². The number of fused-ring (bicyclic) bond motifs is 1. The van der Waals surface area contributed by atoms with Crippen LogP contribution >= 0.6 is 0 Å². The van der Waals surface area contributed by atoms with E-state index in [-0.39, 0.29) is 12.0 Å². The van der Waals surface area contributed by atoms with Gasteiger partial charge in [0.25, 0.3) is 0 Å². The van der Waals surface area contributed by atoms with Gasteiger partial charge in [-0.05, 0) is 0 Å². The van der Waals surface area contributed by atoms with E-state index >= 15 is 0 Å². The number of imidazole rings is 1. The summed E-state index contributed by atoms with van der Waals surface area (Å²) in [4.78, 5) is 18.7. The Morgan fingerprint density at radius 2 is 2.21 bits per heavy atom. The lowest BCUT2D eigenvalue weighted by atomic mass is 10.1. The molecule has 5 nitrogen and oxygen atoms in total. The monoisotopic (exact) mass is 263 g/mol. The normalized spacial score (nSPS) is 23.8. The minimum absolute atomic E-state index is 0.0577. The van der Waals surface area contributed by atoms with E-state index in [9.17, 15) is 4.79 Å². The molecule has 3 rings (SSSR count). The molecule has 0 aliphatic carbocycles. The Kier molecular flexibility index (Phi) is 3.09. The van der Waals surface area contributed by atoms with Crippen molar-refractivity contribution in [3.05, 3.63) is 17.2 Å². The Bertz CT molecular complexity index is 507. The number of aromatic nitrogens is 2. The van der Waals surface area contributed by atoms with E-state index in [0.717, 1.165) is 37.4 Å². The smallest absolute Gasteiger partial charge is 0.323 e. The number of carbonyl (C=O) groups is 1. The number of nitrogens with zero attached hydrogens (tertiary/aromatic N) is 3. The van der Waals surface area contributed by atoms with E-state index in [0.29, 0.717) is 12.5 Å². The van der Waals surface area contributed by atoms with Gasteiger partial charge in [0, 0.05) is 44.6 Å². The van der Waals surface area contributed by atoms with Crippen molar-refractivity contribution in [3.8, 4) is 0 Å². The average Bonchev–Trinajstić information content (AvgIpc) is 2.93. The van der Waals surface area contributed by atoms with Crippen LogP contribution in [0.25, 0.3) is 0 Å². The average molecular weight is 263 g/mol. The third kappa shape index (κ3) is 2.06. The first-order chi connectivity index (χ1) is 9.08. The lowest BCUT2D eigenvalue weighted by Gasteiger charge is -2.29. The highest BCUT2D eigenvalue weighted by molar-refractivity contribution is 5.77. The van der Waals surface area contributed by atoms with Crippen LogP contribution in [-0.2, 0) is 29.5 Å². The van der Waals surface area contributed by atoms with E-state index in [4.69, 9.17) is 9.72 Å². The van der Waals surface area contributed by atoms with Gasteiger partial charge in [-0.15, -0.1) is 0 Å². The fraction of sp³-hybridized carbons (Fsp3) is 0.714. The summed E-state index contributed by atoms with van der Waals surface area (Å²) >= 11 is 0. The number of hydrogen-bond acceptors (Lipinski definition) is 4. The number of rotatable bonds is 2. The van der Waals surface area contributed by atoms with Gasteiger partial charge >= 0.3 is 5.97 Å². The van der Waals surface area contributed by atoms with E-state index in [1.54, 1.807) is 0 Å². The van der Waals surface area contributed by atoms with Crippen LogP contribution in [0, 0.1) is 0 Å². The van der Waals surface area contributed by atoms with Crippen molar-refractivity contribution in [2.75, 3.05) is 13.2 Å². The predicted molar refractivity (Wildman–Crippen MR) is 70.8 cm³/mol.